The first kappa shape index (κ1) is 11.2. The molecule has 0 N–H and O–H groups in total. The molecule has 0 fully saturated rings. The summed E-state index contributed by atoms with van der Waals surface area (Å²) in [5.74, 6) is 0. The van der Waals surface area contributed by atoms with Crippen LogP contribution in [0.15, 0.2) is 23.7 Å². The molecule has 84 valence electrons. The quantitative estimate of drug-likeness (QED) is 0.816. The van der Waals surface area contributed by atoms with Gasteiger partial charge in [-0.15, -0.1) is 11.3 Å². The van der Waals surface area contributed by atoms with Gasteiger partial charge in [0.05, 0.1) is 12.3 Å². The second kappa shape index (κ2) is 5.18. The monoisotopic (exact) mass is 234 g/mol. The van der Waals surface area contributed by atoms with Gasteiger partial charge in [-0.1, -0.05) is 13.0 Å². The number of aromatic nitrogens is 2. The maximum absolute atomic E-state index is 5.06. The van der Waals surface area contributed by atoms with Gasteiger partial charge in [0.15, 0.2) is 0 Å². The van der Waals surface area contributed by atoms with Gasteiger partial charge in [-0.3, -0.25) is 4.98 Å². The third-order valence-electron chi connectivity index (χ3n) is 2.32. The SMILES string of the molecule is CCc1cccnc1-c1nc(COC)cs1. The fourth-order valence-electron chi connectivity index (χ4n) is 1.55. The van der Waals surface area contributed by atoms with Crippen molar-refractivity contribution in [1.29, 1.82) is 0 Å². The Morgan fingerprint density at radius 1 is 1.44 bits per heavy atom. The standard InChI is InChI=1S/C12H14N2OS/c1-3-9-5-4-6-13-11(9)12-14-10(7-15-2)8-16-12/h4-6,8H,3,7H2,1-2H3. The lowest BCUT2D eigenvalue weighted by molar-refractivity contribution is 0.182. The van der Waals surface area contributed by atoms with E-state index in [4.69, 9.17) is 4.74 Å². The van der Waals surface area contributed by atoms with Crippen molar-refractivity contribution in [2.45, 2.75) is 20.0 Å². The van der Waals surface area contributed by atoms with E-state index in [0.29, 0.717) is 6.61 Å². The summed E-state index contributed by atoms with van der Waals surface area (Å²) in [6, 6.07) is 4.06. The molecule has 2 rings (SSSR count). The second-order valence-corrected chi connectivity index (χ2v) is 4.30. The first-order valence-electron chi connectivity index (χ1n) is 5.22. The molecule has 16 heavy (non-hydrogen) atoms. The van der Waals surface area contributed by atoms with Crippen molar-refractivity contribution < 1.29 is 4.74 Å². The minimum Gasteiger partial charge on any atom is -0.378 e. The van der Waals surface area contributed by atoms with Crippen LogP contribution in [-0.4, -0.2) is 17.1 Å². The Morgan fingerprint density at radius 3 is 3.06 bits per heavy atom. The van der Waals surface area contributed by atoms with Crippen molar-refractivity contribution in [2.24, 2.45) is 0 Å². The molecule has 0 amide bonds. The highest BCUT2D eigenvalue weighted by Gasteiger charge is 2.09. The van der Waals surface area contributed by atoms with E-state index in [1.54, 1.807) is 18.4 Å². The Hall–Kier alpha value is -1.26. The lowest BCUT2D eigenvalue weighted by Gasteiger charge is -2.02. The summed E-state index contributed by atoms with van der Waals surface area (Å²) in [5, 5.41) is 3.00. The van der Waals surface area contributed by atoms with E-state index in [9.17, 15) is 0 Å². The van der Waals surface area contributed by atoms with Crippen molar-refractivity contribution in [3.05, 3.63) is 35.0 Å². The molecule has 0 radical (unpaired) electrons. The predicted molar refractivity (Wildman–Crippen MR) is 65.4 cm³/mol. The van der Waals surface area contributed by atoms with Gasteiger partial charge in [-0.25, -0.2) is 4.98 Å². The number of hydrogen-bond acceptors (Lipinski definition) is 4. The molecule has 2 aromatic heterocycles. The average Bonchev–Trinajstić information content (AvgIpc) is 2.78. The van der Waals surface area contributed by atoms with Crippen LogP contribution in [0.1, 0.15) is 18.2 Å². The molecule has 0 atom stereocenters. The van der Waals surface area contributed by atoms with E-state index < -0.39 is 0 Å². The summed E-state index contributed by atoms with van der Waals surface area (Å²) in [6.45, 7) is 2.69. The van der Waals surface area contributed by atoms with Crippen LogP contribution < -0.4 is 0 Å². The van der Waals surface area contributed by atoms with Crippen LogP contribution >= 0.6 is 11.3 Å². The van der Waals surface area contributed by atoms with E-state index in [0.717, 1.165) is 22.8 Å². The van der Waals surface area contributed by atoms with Crippen molar-refractivity contribution in [3.8, 4) is 10.7 Å². The first-order valence-corrected chi connectivity index (χ1v) is 6.10. The largest absolute Gasteiger partial charge is 0.378 e. The smallest absolute Gasteiger partial charge is 0.142 e. The molecule has 0 saturated carbocycles. The maximum Gasteiger partial charge on any atom is 0.142 e. The van der Waals surface area contributed by atoms with E-state index in [1.165, 1.54) is 5.56 Å². The number of methoxy groups -OCH3 is 1. The van der Waals surface area contributed by atoms with Crippen LogP contribution in [0.2, 0.25) is 0 Å². The van der Waals surface area contributed by atoms with Crippen LogP contribution in [0.25, 0.3) is 10.7 Å². The zero-order valence-electron chi connectivity index (χ0n) is 9.43. The number of nitrogens with zero attached hydrogens (tertiary/aromatic N) is 2. The van der Waals surface area contributed by atoms with Crippen LogP contribution in [0, 0.1) is 0 Å². The van der Waals surface area contributed by atoms with Crippen LogP contribution in [0.5, 0.6) is 0 Å². The molecular formula is C12H14N2OS. The normalized spacial score (nSPS) is 10.6. The highest BCUT2D eigenvalue weighted by molar-refractivity contribution is 7.13. The zero-order chi connectivity index (χ0) is 11.4. The van der Waals surface area contributed by atoms with Crippen LogP contribution in [0.3, 0.4) is 0 Å². The number of hydrogen-bond donors (Lipinski definition) is 0. The molecule has 0 aliphatic carbocycles. The molecule has 0 aliphatic rings. The van der Waals surface area contributed by atoms with Crippen LogP contribution in [0.4, 0.5) is 0 Å². The summed E-state index contributed by atoms with van der Waals surface area (Å²) in [4.78, 5) is 8.91. The summed E-state index contributed by atoms with van der Waals surface area (Å²) < 4.78 is 5.06. The summed E-state index contributed by atoms with van der Waals surface area (Å²) in [5.41, 5.74) is 3.20. The number of aryl methyl sites for hydroxylation is 1. The predicted octanol–water partition coefficient (Wildman–Crippen LogP) is 2.91. The Balaban J connectivity index is 2.34. The number of pyridine rings is 1. The molecule has 0 spiro atoms. The van der Waals surface area contributed by atoms with Crippen molar-refractivity contribution in [1.82, 2.24) is 9.97 Å². The molecule has 0 aromatic carbocycles. The maximum atomic E-state index is 5.06. The molecule has 0 unspecified atom stereocenters. The molecule has 4 heteroatoms. The van der Waals surface area contributed by atoms with Gasteiger partial charge in [-0.2, -0.15) is 0 Å². The zero-order valence-corrected chi connectivity index (χ0v) is 10.3. The minimum absolute atomic E-state index is 0.560. The van der Waals surface area contributed by atoms with E-state index >= 15 is 0 Å². The summed E-state index contributed by atoms with van der Waals surface area (Å²) in [6.07, 6.45) is 2.79. The van der Waals surface area contributed by atoms with Gasteiger partial charge >= 0.3 is 0 Å². The Bertz CT molecular complexity index is 468. The fourth-order valence-corrected chi connectivity index (χ4v) is 2.38. The highest BCUT2D eigenvalue weighted by Crippen LogP contribution is 2.25. The van der Waals surface area contributed by atoms with Gasteiger partial charge < -0.3 is 4.74 Å². The first-order chi connectivity index (χ1) is 7.85. The summed E-state index contributed by atoms with van der Waals surface area (Å²) >= 11 is 1.62. The molecule has 2 heterocycles. The Morgan fingerprint density at radius 2 is 2.31 bits per heavy atom. The van der Waals surface area contributed by atoms with Crippen molar-refractivity contribution >= 4 is 11.3 Å². The highest BCUT2D eigenvalue weighted by atomic mass is 32.1. The molecule has 0 aliphatic heterocycles. The van der Waals surface area contributed by atoms with Gasteiger partial charge in [0.2, 0.25) is 0 Å². The average molecular weight is 234 g/mol. The van der Waals surface area contributed by atoms with Crippen molar-refractivity contribution in [2.75, 3.05) is 7.11 Å². The second-order valence-electron chi connectivity index (χ2n) is 3.44. The Labute approximate surface area is 99.1 Å². The van der Waals surface area contributed by atoms with Gasteiger partial charge in [0.1, 0.15) is 10.7 Å². The molecule has 2 aromatic rings. The third-order valence-corrected chi connectivity index (χ3v) is 3.22. The lowest BCUT2D eigenvalue weighted by Crippen LogP contribution is -1.92. The molecule has 0 saturated heterocycles. The van der Waals surface area contributed by atoms with Crippen molar-refractivity contribution in [3.63, 3.8) is 0 Å². The number of ether oxygens (including phenoxy) is 1. The lowest BCUT2D eigenvalue weighted by atomic mass is 10.1. The third kappa shape index (κ3) is 2.28. The topological polar surface area (TPSA) is 35.0 Å². The molecule has 0 bridgehead atoms. The number of thiazole rings is 1. The van der Waals surface area contributed by atoms with E-state index in [-0.39, 0.29) is 0 Å². The molecular weight excluding hydrogens is 220 g/mol. The number of rotatable bonds is 4. The van der Waals surface area contributed by atoms with Crippen LogP contribution in [-0.2, 0) is 17.8 Å². The molecule has 3 nitrogen and oxygen atoms in total. The minimum atomic E-state index is 0.560. The van der Waals surface area contributed by atoms with Gasteiger partial charge in [0, 0.05) is 18.7 Å². The summed E-state index contributed by atoms with van der Waals surface area (Å²) in [7, 11) is 1.68. The van der Waals surface area contributed by atoms with E-state index in [1.807, 2.05) is 17.6 Å². The Kier molecular flexibility index (Phi) is 3.64. The fraction of sp³-hybridized carbons (Fsp3) is 0.333. The van der Waals surface area contributed by atoms with Gasteiger partial charge in [0.25, 0.3) is 0 Å². The van der Waals surface area contributed by atoms with E-state index in [2.05, 4.69) is 23.0 Å². The van der Waals surface area contributed by atoms with Gasteiger partial charge in [-0.05, 0) is 18.1 Å².